The van der Waals surface area contributed by atoms with Crippen molar-refractivity contribution >= 4 is 35.1 Å². The first-order valence-electron chi connectivity index (χ1n) is 10.4. The van der Waals surface area contributed by atoms with E-state index in [1.165, 1.54) is 48.1 Å². The first-order chi connectivity index (χ1) is 14.3. The van der Waals surface area contributed by atoms with Crippen molar-refractivity contribution in [2.24, 2.45) is 0 Å². The monoisotopic (exact) mass is 432 g/mol. The van der Waals surface area contributed by atoms with Crippen molar-refractivity contribution < 1.29 is 4.79 Å². The lowest BCUT2D eigenvalue weighted by Crippen LogP contribution is -2.31. The van der Waals surface area contributed by atoms with Crippen LogP contribution in [0.4, 0.5) is 5.69 Å². The van der Waals surface area contributed by atoms with Crippen LogP contribution in [0.15, 0.2) is 29.4 Å². The molecule has 1 saturated heterocycles. The third-order valence-electron chi connectivity index (χ3n) is 5.44. The van der Waals surface area contributed by atoms with Crippen molar-refractivity contribution in [3.05, 3.63) is 29.8 Å². The highest BCUT2D eigenvalue weighted by Crippen LogP contribution is 2.30. The van der Waals surface area contributed by atoms with Crippen LogP contribution in [0.5, 0.6) is 0 Å². The van der Waals surface area contributed by atoms with Crippen LogP contribution in [-0.2, 0) is 11.3 Å². The van der Waals surface area contributed by atoms with Gasteiger partial charge in [0.25, 0.3) is 0 Å². The lowest BCUT2D eigenvalue weighted by Gasteiger charge is -2.26. The van der Waals surface area contributed by atoms with Crippen LogP contribution in [0, 0.1) is 0 Å². The van der Waals surface area contributed by atoms with E-state index < -0.39 is 0 Å². The fraction of sp³-hybridized carbons (Fsp3) is 0.600. The van der Waals surface area contributed by atoms with E-state index in [0.29, 0.717) is 11.8 Å². The Morgan fingerprint density at radius 3 is 2.86 bits per heavy atom. The molecule has 1 aliphatic carbocycles. The molecule has 2 aromatic rings. The number of anilines is 1. The maximum Gasteiger partial charge on any atom is 0.234 e. The van der Waals surface area contributed by atoms with Gasteiger partial charge in [0.2, 0.25) is 11.1 Å². The Hall–Kier alpha value is -1.58. The van der Waals surface area contributed by atoms with Crippen LogP contribution < -0.4 is 5.32 Å². The zero-order valence-corrected chi connectivity index (χ0v) is 18.3. The summed E-state index contributed by atoms with van der Waals surface area (Å²) in [6, 6.07) is 8.54. The first-order valence-corrected chi connectivity index (χ1v) is 12.5. The Morgan fingerprint density at radius 2 is 2.03 bits per heavy atom. The number of amides is 1. The lowest BCUT2D eigenvalue weighted by atomic mass is 9.96. The molecular formula is C20H28N6OS2. The van der Waals surface area contributed by atoms with Crippen LogP contribution in [0.25, 0.3) is 0 Å². The van der Waals surface area contributed by atoms with E-state index in [1.54, 1.807) is 0 Å². The van der Waals surface area contributed by atoms with Gasteiger partial charge in [0, 0.05) is 36.8 Å². The molecule has 0 spiro atoms. The molecule has 7 nitrogen and oxygen atoms in total. The van der Waals surface area contributed by atoms with E-state index in [1.807, 2.05) is 28.6 Å². The van der Waals surface area contributed by atoms with Crippen molar-refractivity contribution in [1.82, 2.24) is 25.1 Å². The summed E-state index contributed by atoms with van der Waals surface area (Å²) in [5, 5.41) is 15.9. The van der Waals surface area contributed by atoms with Gasteiger partial charge in [-0.15, -0.1) is 5.10 Å². The number of benzene rings is 1. The molecule has 1 amide bonds. The Morgan fingerprint density at radius 1 is 1.21 bits per heavy atom. The van der Waals surface area contributed by atoms with Gasteiger partial charge in [0.15, 0.2) is 0 Å². The average molecular weight is 433 g/mol. The molecule has 0 radical (unpaired) electrons. The van der Waals surface area contributed by atoms with Gasteiger partial charge >= 0.3 is 0 Å². The number of thioether (sulfide) groups is 2. The van der Waals surface area contributed by atoms with Crippen LogP contribution >= 0.6 is 23.5 Å². The predicted octanol–water partition coefficient (Wildman–Crippen LogP) is 3.46. The zero-order valence-electron chi connectivity index (χ0n) is 16.6. The van der Waals surface area contributed by atoms with Crippen LogP contribution in [0.1, 0.15) is 43.7 Å². The number of hydrogen-bond donors (Lipinski definition) is 1. The molecule has 2 heterocycles. The van der Waals surface area contributed by atoms with E-state index in [-0.39, 0.29) is 5.91 Å². The van der Waals surface area contributed by atoms with Gasteiger partial charge < -0.3 is 5.32 Å². The minimum absolute atomic E-state index is 0.0280. The Balaban J connectivity index is 1.29. The molecular weight excluding hydrogens is 404 g/mol. The largest absolute Gasteiger partial charge is 0.325 e. The van der Waals surface area contributed by atoms with Gasteiger partial charge in [0.1, 0.15) is 0 Å². The lowest BCUT2D eigenvalue weighted by molar-refractivity contribution is -0.113. The highest BCUT2D eigenvalue weighted by atomic mass is 32.2. The third-order valence-corrected chi connectivity index (χ3v) is 7.31. The molecule has 9 heteroatoms. The molecule has 1 aliphatic heterocycles. The number of aromatic nitrogens is 4. The van der Waals surface area contributed by atoms with Gasteiger partial charge in [0.05, 0.1) is 11.8 Å². The van der Waals surface area contributed by atoms with Crippen LogP contribution in [0.2, 0.25) is 0 Å². The van der Waals surface area contributed by atoms with E-state index in [4.69, 9.17) is 0 Å². The SMILES string of the molecule is O=C(CSc1nnnn1C1CCCCC1)Nc1cccc(CN2CCSCC2)c1. The molecule has 2 aliphatic rings. The van der Waals surface area contributed by atoms with Crippen molar-refractivity contribution in [2.45, 2.75) is 49.8 Å². The number of nitrogens with zero attached hydrogens (tertiary/aromatic N) is 5. The molecule has 0 atom stereocenters. The highest BCUT2D eigenvalue weighted by molar-refractivity contribution is 7.99. The second-order valence-corrected chi connectivity index (χ2v) is 9.79. The zero-order chi connectivity index (χ0) is 19.9. The maximum atomic E-state index is 12.5. The van der Waals surface area contributed by atoms with Gasteiger partial charge in [-0.2, -0.15) is 11.8 Å². The molecule has 156 valence electrons. The van der Waals surface area contributed by atoms with Crippen molar-refractivity contribution in [2.75, 3.05) is 35.7 Å². The van der Waals surface area contributed by atoms with E-state index in [0.717, 1.165) is 43.3 Å². The van der Waals surface area contributed by atoms with Crippen molar-refractivity contribution in [3.63, 3.8) is 0 Å². The fourth-order valence-electron chi connectivity index (χ4n) is 3.93. The van der Waals surface area contributed by atoms with Gasteiger partial charge in [-0.3, -0.25) is 9.69 Å². The molecule has 2 fully saturated rings. The quantitative estimate of drug-likeness (QED) is 0.672. The Bertz CT molecular complexity index is 802. The smallest absolute Gasteiger partial charge is 0.234 e. The number of tetrazole rings is 1. The number of carbonyl (C=O) groups is 1. The van der Waals surface area contributed by atoms with Gasteiger partial charge in [-0.05, 0) is 41.0 Å². The predicted molar refractivity (Wildman–Crippen MR) is 118 cm³/mol. The highest BCUT2D eigenvalue weighted by Gasteiger charge is 2.21. The summed E-state index contributed by atoms with van der Waals surface area (Å²) in [6.07, 6.45) is 5.98. The summed E-state index contributed by atoms with van der Waals surface area (Å²) in [5.74, 6) is 2.68. The molecule has 29 heavy (non-hydrogen) atoms. The topological polar surface area (TPSA) is 75.9 Å². The molecule has 1 saturated carbocycles. The summed E-state index contributed by atoms with van der Waals surface area (Å²) >= 11 is 3.43. The Labute approximate surface area is 180 Å². The number of carbonyl (C=O) groups excluding carboxylic acids is 1. The first kappa shape index (κ1) is 20.7. The molecule has 1 aromatic carbocycles. The molecule has 1 aromatic heterocycles. The normalized spacial score (nSPS) is 18.6. The summed E-state index contributed by atoms with van der Waals surface area (Å²) in [6.45, 7) is 3.20. The second kappa shape index (κ2) is 10.4. The fourth-order valence-corrected chi connectivity index (χ4v) is 5.65. The summed E-state index contributed by atoms with van der Waals surface area (Å²) in [7, 11) is 0. The standard InChI is InChI=1S/C20H28N6OS2/c27-19(15-29-20-22-23-24-26(20)18-7-2-1-3-8-18)21-17-6-4-5-16(13-17)14-25-9-11-28-12-10-25/h4-6,13,18H,1-3,7-12,14-15H2,(H,21,27). The summed E-state index contributed by atoms with van der Waals surface area (Å²) in [4.78, 5) is 14.9. The molecule has 0 unspecified atom stereocenters. The third kappa shape index (κ3) is 5.96. The average Bonchev–Trinajstić information content (AvgIpc) is 3.23. The van der Waals surface area contributed by atoms with Crippen molar-refractivity contribution in [3.8, 4) is 0 Å². The van der Waals surface area contributed by atoms with E-state index in [2.05, 4.69) is 37.9 Å². The van der Waals surface area contributed by atoms with E-state index in [9.17, 15) is 4.79 Å². The number of rotatable bonds is 7. The van der Waals surface area contributed by atoms with Crippen LogP contribution in [0.3, 0.4) is 0 Å². The Kier molecular flexibility index (Phi) is 7.45. The molecule has 4 rings (SSSR count). The van der Waals surface area contributed by atoms with Gasteiger partial charge in [-0.25, -0.2) is 4.68 Å². The second-order valence-electron chi connectivity index (χ2n) is 7.62. The van der Waals surface area contributed by atoms with Gasteiger partial charge in [-0.1, -0.05) is 43.2 Å². The maximum absolute atomic E-state index is 12.5. The van der Waals surface area contributed by atoms with Crippen molar-refractivity contribution in [1.29, 1.82) is 0 Å². The molecule has 1 N–H and O–H groups in total. The summed E-state index contributed by atoms with van der Waals surface area (Å²) in [5.41, 5.74) is 2.09. The minimum Gasteiger partial charge on any atom is -0.325 e. The van der Waals surface area contributed by atoms with E-state index >= 15 is 0 Å². The molecule has 0 bridgehead atoms. The minimum atomic E-state index is -0.0280. The number of nitrogens with one attached hydrogen (secondary N) is 1. The number of hydrogen-bond acceptors (Lipinski definition) is 7. The van der Waals surface area contributed by atoms with Crippen LogP contribution in [-0.4, -0.2) is 61.4 Å². The summed E-state index contributed by atoms with van der Waals surface area (Å²) < 4.78 is 1.91.